The van der Waals surface area contributed by atoms with Crippen molar-refractivity contribution in [2.24, 2.45) is 5.41 Å². The monoisotopic (exact) mass is 560 g/mol. The van der Waals surface area contributed by atoms with Gasteiger partial charge in [-0.1, -0.05) is 29.3 Å². The van der Waals surface area contributed by atoms with Crippen molar-refractivity contribution in [3.8, 4) is 5.75 Å². The number of halogens is 2. The maximum Gasteiger partial charge on any atom is 0.303 e. The molecule has 2 aromatic carbocycles. The van der Waals surface area contributed by atoms with Gasteiger partial charge in [0.05, 0.1) is 24.1 Å². The first-order valence-corrected chi connectivity index (χ1v) is 14.6. The number of aliphatic carboxylic acids is 1. The number of methoxy groups -OCH3 is 1. The number of likely N-dealkylation sites (tertiary alicyclic amines) is 1. The average molecular weight is 562 g/mol. The van der Waals surface area contributed by atoms with Crippen LogP contribution in [-0.4, -0.2) is 53.5 Å². The fourth-order valence-corrected chi connectivity index (χ4v) is 6.74. The second-order valence-electron chi connectivity index (χ2n) is 9.89. The van der Waals surface area contributed by atoms with Crippen LogP contribution in [0, 0.1) is 5.41 Å². The maximum absolute atomic E-state index is 11.8. The molecule has 0 aliphatic carbocycles. The van der Waals surface area contributed by atoms with Crippen LogP contribution in [0.15, 0.2) is 53.6 Å². The predicted molar refractivity (Wildman–Crippen MR) is 153 cm³/mol. The molecule has 0 unspecified atom stereocenters. The lowest BCUT2D eigenvalue weighted by Gasteiger charge is -2.41. The topological polar surface area (TPSA) is 62.7 Å². The molecule has 8 heteroatoms. The molecule has 0 bridgehead atoms. The van der Waals surface area contributed by atoms with Crippen molar-refractivity contribution < 1.29 is 14.6 Å². The van der Waals surface area contributed by atoms with E-state index in [-0.39, 0.29) is 11.8 Å². The SMILES string of the molecule is COc1ccc2ncc(Cl)c(CCCC3(CC(=O)O)CCN(CCCSc4cccc(Cl)c4)CC3)c2c1. The van der Waals surface area contributed by atoms with E-state index in [1.54, 1.807) is 13.3 Å². The third kappa shape index (κ3) is 7.76. The number of fused-ring (bicyclic) bond motifs is 1. The van der Waals surface area contributed by atoms with Crippen LogP contribution in [0.5, 0.6) is 5.75 Å². The molecule has 0 saturated carbocycles. The van der Waals surface area contributed by atoms with E-state index < -0.39 is 5.97 Å². The Morgan fingerprint density at radius 2 is 1.97 bits per heavy atom. The largest absolute Gasteiger partial charge is 0.497 e. The number of benzene rings is 2. The molecule has 0 atom stereocenters. The predicted octanol–water partition coefficient (Wildman–Crippen LogP) is 7.61. The minimum atomic E-state index is -0.705. The molecular formula is C29H34Cl2N2O3S. The number of thioether (sulfide) groups is 1. The Bertz CT molecular complexity index is 1210. The summed E-state index contributed by atoms with van der Waals surface area (Å²) in [7, 11) is 1.65. The van der Waals surface area contributed by atoms with Gasteiger partial charge in [-0.05, 0) is 111 Å². The highest BCUT2D eigenvalue weighted by Gasteiger charge is 2.36. The lowest BCUT2D eigenvalue weighted by atomic mass is 9.72. The van der Waals surface area contributed by atoms with Gasteiger partial charge in [0.15, 0.2) is 0 Å². The van der Waals surface area contributed by atoms with Crippen LogP contribution in [0.4, 0.5) is 0 Å². The van der Waals surface area contributed by atoms with Crippen LogP contribution < -0.4 is 4.74 Å². The van der Waals surface area contributed by atoms with Crippen LogP contribution in [-0.2, 0) is 11.2 Å². The Hall–Kier alpha value is -1.99. The Morgan fingerprint density at radius 1 is 1.16 bits per heavy atom. The number of carbonyl (C=O) groups is 1. The molecule has 5 nitrogen and oxygen atoms in total. The van der Waals surface area contributed by atoms with Crippen molar-refractivity contribution in [3.63, 3.8) is 0 Å². The van der Waals surface area contributed by atoms with Gasteiger partial charge in [-0.2, -0.15) is 0 Å². The van der Waals surface area contributed by atoms with Crippen molar-refractivity contribution in [2.45, 2.75) is 49.8 Å². The van der Waals surface area contributed by atoms with Crippen molar-refractivity contribution in [1.82, 2.24) is 9.88 Å². The van der Waals surface area contributed by atoms with E-state index in [1.165, 1.54) is 4.90 Å². The molecule has 2 heterocycles. The maximum atomic E-state index is 11.8. The summed E-state index contributed by atoms with van der Waals surface area (Å²) in [5.41, 5.74) is 1.79. The number of nitrogens with zero attached hydrogens (tertiary/aromatic N) is 2. The molecule has 198 valence electrons. The molecule has 1 saturated heterocycles. The van der Waals surface area contributed by atoms with Crippen LogP contribution in [0.25, 0.3) is 10.9 Å². The second-order valence-corrected chi connectivity index (χ2v) is 11.9. The molecule has 3 aromatic rings. The van der Waals surface area contributed by atoms with E-state index in [0.29, 0.717) is 5.02 Å². The van der Waals surface area contributed by atoms with Crippen molar-refractivity contribution in [1.29, 1.82) is 0 Å². The van der Waals surface area contributed by atoms with E-state index in [9.17, 15) is 9.90 Å². The summed E-state index contributed by atoms with van der Waals surface area (Å²) in [6, 6.07) is 13.8. The average Bonchev–Trinajstić information content (AvgIpc) is 2.88. The zero-order valence-electron chi connectivity index (χ0n) is 21.2. The van der Waals surface area contributed by atoms with E-state index in [1.807, 2.05) is 48.2 Å². The molecule has 0 spiro atoms. The normalized spacial score (nSPS) is 15.6. The fraction of sp³-hybridized carbons (Fsp3) is 0.448. The quantitative estimate of drug-likeness (QED) is 0.181. The van der Waals surface area contributed by atoms with Crippen molar-refractivity contribution >= 4 is 51.8 Å². The number of pyridine rings is 1. The van der Waals surface area contributed by atoms with Crippen LogP contribution in [0.1, 0.15) is 44.1 Å². The number of hydrogen-bond donors (Lipinski definition) is 1. The molecule has 4 rings (SSSR count). The van der Waals surface area contributed by atoms with Crippen LogP contribution in [0.3, 0.4) is 0 Å². The number of piperidine rings is 1. The minimum absolute atomic E-state index is 0.162. The van der Waals surface area contributed by atoms with Crippen LogP contribution in [0.2, 0.25) is 10.0 Å². The standard InChI is InChI=1S/C29H34Cl2N2O3S/c1-36-22-8-9-27-25(18-22)24(26(31)20-32-27)7-3-10-29(19-28(34)35)11-14-33(15-12-29)13-4-16-37-23-6-2-5-21(30)17-23/h2,5-6,8-9,17-18,20H,3-4,7,10-16,19H2,1H3,(H,34,35). The van der Waals surface area contributed by atoms with Gasteiger partial charge < -0.3 is 14.7 Å². The van der Waals surface area contributed by atoms with E-state index in [4.69, 9.17) is 27.9 Å². The minimum Gasteiger partial charge on any atom is -0.497 e. The van der Waals surface area contributed by atoms with E-state index >= 15 is 0 Å². The number of aryl methyl sites for hydroxylation is 1. The molecular weight excluding hydrogens is 527 g/mol. The number of rotatable bonds is 12. The highest BCUT2D eigenvalue weighted by Crippen LogP contribution is 2.41. The Kier molecular flexibility index (Phi) is 9.99. The van der Waals surface area contributed by atoms with Gasteiger partial charge in [-0.15, -0.1) is 11.8 Å². The van der Waals surface area contributed by atoms with Crippen molar-refractivity contribution in [2.75, 3.05) is 32.5 Å². The summed E-state index contributed by atoms with van der Waals surface area (Å²) in [4.78, 5) is 19.9. The molecule has 0 radical (unpaired) electrons. The van der Waals surface area contributed by atoms with E-state index in [0.717, 1.165) is 91.2 Å². The summed E-state index contributed by atoms with van der Waals surface area (Å²) < 4.78 is 5.40. The Balaban J connectivity index is 1.31. The third-order valence-electron chi connectivity index (χ3n) is 7.39. The van der Waals surface area contributed by atoms with Gasteiger partial charge in [0.1, 0.15) is 5.75 Å². The van der Waals surface area contributed by atoms with Crippen molar-refractivity contribution in [3.05, 3.63) is 64.3 Å². The first-order valence-electron chi connectivity index (χ1n) is 12.8. The lowest BCUT2D eigenvalue weighted by molar-refractivity contribution is -0.140. The van der Waals surface area contributed by atoms with Gasteiger partial charge in [-0.3, -0.25) is 9.78 Å². The zero-order chi connectivity index (χ0) is 26.3. The highest BCUT2D eigenvalue weighted by molar-refractivity contribution is 7.99. The van der Waals surface area contributed by atoms with Gasteiger partial charge in [-0.25, -0.2) is 0 Å². The summed E-state index contributed by atoms with van der Waals surface area (Å²) in [5, 5.41) is 12.1. The third-order valence-corrected chi connectivity index (χ3v) is 9.04. The van der Waals surface area contributed by atoms with Crippen LogP contribution >= 0.6 is 35.0 Å². The van der Waals surface area contributed by atoms with Gasteiger partial charge in [0.25, 0.3) is 0 Å². The lowest BCUT2D eigenvalue weighted by Crippen LogP contribution is -2.41. The molecule has 0 amide bonds. The smallest absolute Gasteiger partial charge is 0.303 e. The van der Waals surface area contributed by atoms with Gasteiger partial charge in [0.2, 0.25) is 0 Å². The second kappa shape index (κ2) is 13.2. The van der Waals surface area contributed by atoms with E-state index in [2.05, 4.69) is 16.0 Å². The number of carboxylic acid groups (broad SMARTS) is 1. The fourth-order valence-electron chi connectivity index (χ4n) is 5.35. The molecule has 37 heavy (non-hydrogen) atoms. The molecule has 1 fully saturated rings. The Labute approximate surface area is 233 Å². The summed E-state index contributed by atoms with van der Waals surface area (Å²) in [6.07, 6.45) is 7.42. The highest BCUT2D eigenvalue weighted by atomic mass is 35.5. The number of ether oxygens (including phenoxy) is 1. The Morgan fingerprint density at radius 3 is 2.70 bits per heavy atom. The van der Waals surface area contributed by atoms with Gasteiger partial charge >= 0.3 is 5.97 Å². The summed E-state index contributed by atoms with van der Waals surface area (Å²) >= 11 is 14.5. The number of hydrogen-bond acceptors (Lipinski definition) is 5. The molecule has 1 aliphatic rings. The number of carboxylic acids is 1. The summed E-state index contributed by atoms with van der Waals surface area (Å²) in [5.74, 6) is 1.12. The molecule has 1 N–H and O–H groups in total. The first kappa shape index (κ1) is 28.0. The molecule has 1 aliphatic heterocycles. The summed E-state index contributed by atoms with van der Waals surface area (Å²) in [6.45, 7) is 2.94. The first-order chi connectivity index (χ1) is 17.9. The zero-order valence-corrected chi connectivity index (χ0v) is 23.5. The molecule has 1 aromatic heterocycles. The number of aromatic nitrogens is 1. The van der Waals surface area contributed by atoms with Gasteiger partial charge in [0, 0.05) is 21.5 Å².